The van der Waals surface area contributed by atoms with Crippen molar-refractivity contribution in [2.75, 3.05) is 0 Å². The molecule has 8 heavy (non-hydrogen) atoms. The Bertz CT molecular complexity index is 45.8. The van der Waals surface area contributed by atoms with Crippen molar-refractivity contribution >= 4 is 71.9 Å². The predicted octanol–water partition coefficient (Wildman–Crippen LogP) is -3.80. The molecule has 0 radical (unpaired) electrons. The molecule has 4 nitrogen and oxygen atoms in total. The van der Waals surface area contributed by atoms with Crippen molar-refractivity contribution in [3.8, 4) is 0 Å². The molecule has 0 aliphatic rings. The van der Waals surface area contributed by atoms with Crippen LogP contribution in [-0.4, -0.2) is 86.3 Å². The van der Waals surface area contributed by atoms with Gasteiger partial charge in [-0.25, -0.2) is 0 Å². The molecule has 0 aliphatic carbocycles. The standard InChI is InChI=1S/Al.FH3O4Si.Sr.5H/c;1-5-6(2,3)4;;;;;;/h;2-4H;;;;;;. The van der Waals surface area contributed by atoms with E-state index in [0.29, 0.717) is 0 Å². The maximum atomic E-state index is 10.3. The third-order valence-corrected chi connectivity index (χ3v) is 0.311. The van der Waals surface area contributed by atoms with Gasteiger partial charge in [0.2, 0.25) is 0 Å². The zero-order valence-corrected chi connectivity index (χ0v) is 3.63. The fourth-order valence-corrected chi connectivity index (χ4v) is 0. The van der Waals surface area contributed by atoms with Gasteiger partial charge in [-0.3, -0.25) is 0 Å². The van der Waals surface area contributed by atoms with Crippen molar-refractivity contribution in [2.45, 2.75) is 0 Å². The zero-order valence-electron chi connectivity index (χ0n) is 2.63. The summed E-state index contributed by atoms with van der Waals surface area (Å²) in [6, 6.07) is 0. The van der Waals surface area contributed by atoms with E-state index in [-0.39, 0.29) is 62.8 Å². The molecule has 0 saturated heterocycles. The summed E-state index contributed by atoms with van der Waals surface area (Å²) in [5, 5.41) is 0. The molecule has 0 fully saturated rings. The van der Waals surface area contributed by atoms with Gasteiger partial charge in [-0.15, -0.1) is 0 Å². The van der Waals surface area contributed by atoms with Crippen LogP contribution in [0.15, 0.2) is 0 Å². The van der Waals surface area contributed by atoms with Crippen molar-refractivity contribution in [2.24, 2.45) is 0 Å². The van der Waals surface area contributed by atoms with Crippen molar-refractivity contribution < 1.29 is 23.5 Å². The number of hydrogen-bond donors (Lipinski definition) is 3. The monoisotopic (exact) mass is 234 g/mol. The average Bonchev–Trinajstić information content (AvgIpc) is 1.35. The SMILES string of the molecule is O[Si](O)(O)OF.[AlH3].[SrH2]. The third kappa shape index (κ3) is 15.7. The Morgan fingerprint density at radius 3 is 1.38 bits per heavy atom. The van der Waals surface area contributed by atoms with Gasteiger partial charge in [0, 0.05) is 0 Å². The first kappa shape index (κ1) is 16.5. The van der Waals surface area contributed by atoms with E-state index in [1.54, 1.807) is 0 Å². The minimum absolute atomic E-state index is 0. The molecule has 0 aromatic rings. The molecule has 0 spiro atoms. The molecule has 0 rings (SSSR count). The van der Waals surface area contributed by atoms with Crippen molar-refractivity contribution in [3.63, 3.8) is 0 Å². The van der Waals surface area contributed by atoms with Gasteiger partial charge in [-0.1, -0.05) is 4.53 Å². The van der Waals surface area contributed by atoms with E-state index in [2.05, 4.69) is 4.63 Å². The Hall–Kier alpha value is 2.00. The summed E-state index contributed by atoms with van der Waals surface area (Å²) < 4.78 is 12.6. The molecule has 0 aliphatic heterocycles. The average molecular weight is 234 g/mol. The quantitative estimate of drug-likeness (QED) is 0.407. The first-order valence-corrected chi connectivity index (χ1v) is 2.78. The Labute approximate surface area is 94.1 Å². The molecular weight excluding hydrogens is 226 g/mol. The van der Waals surface area contributed by atoms with Gasteiger partial charge in [0.05, 0.1) is 0 Å². The molecule has 3 N–H and O–H groups in total. The summed E-state index contributed by atoms with van der Waals surface area (Å²) in [4.78, 5) is 22.4. The van der Waals surface area contributed by atoms with Crippen molar-refractivity contribution in [1.29, 1.82) is 0 Å². The Balaban J connectivity index is -0.000000125. The molecule has 0 unspecified atom stereocenters. The summed E-state index contributed by atoms with van der Waals surface area (Å²) >= 11 is 0. The first-order valence-electron chi connectivity index (χ1n) is 1.03. The van der Waals surface area contributed by atoms with Gasteiger partial charge in [-0.2, -0.15) is 4.63 Å². The second kappa shape index (κ2) is 7.11. The third-order valence-electron chi connectivity index (χ3n) is 0.104. The van der Waals surface area contributed by atoms with Gasteiger partial charge < -0.3 is 14.4 Å². The molecule has 0 heterocycles. The second-order valence-electron chi connectivity index (χ2n) is 0.651. The first-order chi connectivity index (χ1) is 2.56. The van der Waals surface area contributed by atoms with Crippen LogP contribution in [-0.2, 0) is 4.63 Å². The maximum absolute atomic E-state index is 10.3. The molecule has 8 heteroatoms. The Morgan fingerprint density at radius 1 is 1.25 bits per heavy atom. The number of halogens is 1. The van der Waals surface area contributed by atoms with Gasteiger partial charge in [-0.05, 0) is 0 Å². The zero-order chi connectivity index (χ0) is 5.21. The van der Waals surface area contributed by atoms with Crippen molar-refractivity contribution in [1.82, 2.24) is 0 Å². The molecule has 0 saturated carbocycles. The van der Waals surface area contributed by atoms with Crippen LogP contribution in [0.3, 0.4) is 0 Å². The van der Waals surface area contributed by atoms with E-state index in [0.717, 1.165) is 0 Å². The van der Waals surface area contributed by atoms with E-state index < -0.39 is 9.05 Å². The van der Waals surface area contributed by atoms with Crippen LogP contribution in [0.4, 0.5) is 4.53 Å². The molecule has 0 atom stereocenters. The summed E-state index contributed by atoms with van der Waals surface area (Å²) in [5.74, 6) is 0. The minimum atomic E-state index is -4.80. The topological polar surface area (TPSA) is 69.9 Å². The molecule has 0 aromatic carbocycles. The molecule has 48 valence electrons. The van der Waals surface area contributed by atoms with Crippen LogP contribution >= 0.6 is 0 Å². The van der Waals surface area contributed by atoms with Crippen LogP contribution in [0.25, 0.3) is 0 Å². The van der Waals surface area contributed by atoms with Crippen LogP contribution in [0, 0.1) is 0 Å². The molecular formula is H8AlFO4SiSr. The van der Waals surface area contributed by atoms with E-state index in [9.17, 15) is 4.53 Å². The number of hydrogen-bond acceptors (Lipinski definition) is 4. The summed E-state index contributed by atoms with van der Waals surface area (Å²) in [7, 11) is -4.80. The van der Waals surface area contributed by atoms with E-state index in [4.69, 9.17) is 14.4 Å². The van der Waals surface area contributed by atoms with Gasteiger partial charge in [0.15, 0.2) is 17.4 Å². The fraction of sp³-hybridized carbons (Fsp3) is 0. The molecule has 0 amide bonds. The van der Waals surface area contributed by atoms with E-state index in [1.807, 2.05) is 0 Å². The normalized spacial score (nSPS) is 9.00. The van der Waals surface area contributed by atoms with Gasteiger partial charge in [0.25, 0.3) is 0 Å². The molecule has 0 aromatic heterocycles. The second-order valence-corrected chi connectivity index (χ2v) is 1.95. The van der Waals surface area contributed by atoms with Crippen LogP contribution < -0.4 is 0 Å². The van der Waals surface area contributed by atoms with Crippen LogP contribution in [0.5, 0.6) is 0 Å². The predicted molar refractivity (Wildman–Crippen MR) is 33.1 cm³/mol. The van der Waals surface area contributed by atoms with E-state index in [1.165, 1.54) is 0 Å². The molecule has 0 bridgehead atoms. The number of rotatable bonds is 1. The van der Waals surface area contributed by atoms with Crippen LogP contribution in [0.1, 0.15) is 0 Å². The van der Waals surface area contributed by atoms with E-state index >= 15 is 0 Å². The van der Waals surface area contributed by atoms with Gasteiger partial charge in [0.1, 0.15) is 0 Å². The van der Waals surface area contributed by atoms with Crippen LogP contribution in [0.2, 0.25) is 0 Å². The van der Waals surface area contributed by atoms with Gasteiger partial charge >= 0.3 is 54.5 Å². The van der Waals surface area contributed by atoms with Crippen molar-refractivity contribution in [3.05, 3.63) is 0 Å². The summed E-state index contributed by atoms with van der Waals surface area (Å²) in [5.41, 5.74) is 0. The summed E-state index contributed by atoms with van der Waals surface area (Å²) in [6.45, 7) is 0. The summed E-state index contributed by atoms with van der Waals surface area (Å²) in [6.07, 6.45) is 0. The Kier molecular flexibility index (Phi) is 14.7. The Morgan fingerprint density at radius 2 is 1.38 bits per heavy atom. The fourth-order valence-electron chi connectivity index (χ4n) is 0.